The molecule has 0 radical (unpaired) electrons. The molecule has 1 aliphatic heterocycles. The quantitative estimate of drug-likeness (QED) is 0.663. The predicted molar refractivity (Wildman–Crippen MR) is 78.8 cm³/mol. The average Bonchev–Trinajstić information content (AvgIpc) is 2.44. The van der Waals surface area contributed by atoms with E-state index < -0.39 is 13.0 Å². The minimum Gasteiger partial charge on any atom is -0.375 e. The molecular weight excluding hydrogens is 276 g/mol. The number of ether oxygens (including phenoxy) is 2. The van der Waals surface area contributed by atoms with Crippen molar-refractivity contribution in [3.05, 3.63) is 0 Å². The van der Waals surface area contributed by atoms with Crippen molar-refractivity contribution in [2.75, 3.05) is 26.4 Å². The van der Waals surface area contributed by atoms with Gasteiger partial charge in [0.25, 0.3) is 6.43 Å². The summed E-state index contributed by atoms with van der Waals surface area (Å²) in [5.74, 6) is 0.584. The molecule has 1 saturated carbocycles. The molecule has 124 valence electrons. The van der Waals surface area contributed by atoms with E-state index >= 15 is 0 Å². The number of alkyl halides is 2. The molecule has 0 bridgehead atoms. The summed E-state index contributed by atoms with van der Waals surface area (Å²) in [5, 5.41) is 3.59. The fourth-order valence-corrected chi connectivity index (χ4v) is 3.55. The van der Waals surface area contributed by atoms with Crippen molar-refractivity contribution in [3.8, 4) is 0 Å². The molecule has 1 aliphatic carbocycles. The zero-order valence-corrected chi connectivity index (χ0v) is 13.1. The van der Waals surface area contributed by atoms with E-state index in [9.17, 15) is 8.78 Å². The summed E-state index contributed by atoms with van der Waals surface area (Å²) in [6, 6.07) is 0.365. The van der Waals surface area contributed by atoms with Crippen LogP contribution < -0.4 is 5.32 Å². The molecule has 0 aromatic rings. The Hall–Kier alpha value is -0.260. The fraction of sp³-hybridized carbons (Fsp3) is 1.00. The Morgan fingerprint density at radius 3 is 2.81 bits per heavy atom. The number of rotatable bonds is 9. The van der Waals surface area contributed by atoms with E-state index in [0.29, 0.717) is 18.6 Å². The third kappa shape index (κ3) is 5.15. The smallest absolute Gasteiger partial charge is 0.261 e. The highest BCUT2D eigenvalue weighted by Gasteiger charge is 2.44. The van der Waals surface area contributed by atoms with Crippen LogP contribution in [-0.4, -0.2) is 44.4 Å². The zero-order chi connectivity index (χ0) is 15.1. The van der Waals surface area contributed by atoms with Crippen LogP contribution in [0, 0.1) is 5.92 Å². The Kier molecular flexibility index (Phi) is 6.83. The van der Waals surface area contributed by atoms with Gasteiger partial charge in [0.2, 0.25) is 0 Å². The molecule has 2 aliphatic rings. The molecule has 1 N–H and O–H groups in total. The van der Waals surface area contributed by atoms with Crippen LogP contribution in [0.4, 0.5) is 8.78 Å². The van der Waals surface area contributed by atoms with E-state index in [1.54, 1.807) is 0 Å². The van der Waals surface area contributed by atoms with Crippen LogP contribution in [0.1, 0.15) is 51.9 Å². The standard InChI is InChI=1S/C16H29F2NO2/c1-2-8-19-14(5-9-20-12-15(17)18)13-4-10-21-16(11-13)6-3-7-16/h13-15,19H,2-12H2,1H3. The Labute approximate surface area is 126 Å². The molecule has 2 unspecified atom stereocenters. The van der Waals surface area contributed by atoms with Gasteiger partial charge in [-0.3, -0.25) is 0 Å². The lowest BCUT2D eigenvalue weighted by molar-refractivity contribution is -0.147. The number of hydrogen-bond acceptors (Lipinski definition) is 3. The maximum absolute atomic E-state index is 12.1. The minimum absolute atomic E-state index is 0.138. The molecule has 1 heterocycles. The van der Waals surface area contributed by atoms with Gasteiger partial charge in [-0.15, -0.1) is 0 Å². The molecule has 2 atom stereocenters. The molecule has 2 rings (SSSR count). The molecule has 3 nitrogen and oxygen atoms in total. The summed E-state index contributed by atoms with van der Waals surface area (Å²) in [5.41, 5.74) is 0.138. The van der Waals surface area contributed by atoms with Crippen molar-refractivity contribution in [2.45, 2.75) is 69.9 Å². The molecule has 5 heteroatoms. The Morgan fingerprint density at radius 1 is 1.38 bits per heavy atom. The first-order valence-electron chi connectivity index (χ1n) is 8.38. The van der Waals surface area contributed by atoms with Gasteiger partial charge in [-0.25, -0.2) is 8.78 Å². The van der Waals surface area contributed by atoms with Gasteiger partial charge in [-0.1, -0.05) is 6.92 Å². The Balaban J connectivity index is 1.79. The maximum Gasteiger partial charge on any atom is 0.261 e. The first-order valence-corrected chi connectivity index (χ1v) is 8.38. The lowest BCUT2D eigenvalue weighted by atomic mass is 9.70. The summed E-state index contributed by atoms with van der Waals surface area (Å²) in [6.45, 7) is 3.93. The van der Waals surface area contributed by atoms with E-state index in [1.807, 2.05) is 0 Å². The summed E-state index contributed by atoms with van der Waals surface area (Å²) < 4.78 is 35.3. The van der Waals surface area contributed by atoms with Gasteiger partial charge in [-0.05, 0) is 57.4 Å². The van der Waals surface area contributed by atoms with Crippen LogP contribution in [0.5, 0.6) is 0 Å². The Bertz CT molecular complexity index is 298. The van der Waals surface area contributed by atoms with Gasteiger partial charge in [0.1, 0.15) is 6.61 Å². The van der Waals surface area contributed by atoms with Crippen LogP contribution >= 0.6 is 0 Å². The van der Waals surface area contributed by atoms with Crippen molar-refractivity contribution in [1.29, 1.82) is 0 Å². The van der Waals surface area contributed by atoms with Gasteiger partial charge in [0, 0.05) is 19.3 Å². The van der Waals surface area contributed by atoms with Crippen molar-refractivity contribution in [1.82, 2.24) is 5.32 Å². The number of hydrogen-bond donors (Lipinski definition) is 1. The van der Waals surface area contributed by atoms with E-state index in [1.165, 1.54) is 19.3 Å². The second-order valence-corrected chi connectivity index (χ2v) is 6.45. The monoisotopic (exact) mass is 305 g/mol. The molecule has 21 heavy (non-hydrogen) atoms. The van der Waals surface area contributed by atoms with Crippen LogP contribution in [0.15, 0.2) is 0 Å². The average molecular weight is 305 g/mol. The lowest BCUT2D eigenvalue weighted by Crippen LogP contribution is -2.50. The molecule has 0 amide bonds. The molecule has 1 saturated heterocycles. The van der Waals surface area contributed by atoms with Crippen molar-refractivity contribution in [3.63, 3.8) is 0 Å². The summed E-state index contributed by atoms with van der Waals surface area (Å²) in [7, 11) is 0. The van der Waals surface area contributed by atoms with Crippen LogP contribution in [0.25, 0.3) is 0 Å². The molecule has 0 aromatic carbocycles. The SMILES string of the molecule is CCCNC(CCOCC(F)F)C1CCOC2(CCC2)C1. The minimum atomic E-state index is -2.37. The van der Waals surface area contributed by atoms with Gasteiger partial charge in [0.05, 0.1) is 5.60 Å². The third-order valence-electron chi connectivity index (χ3n) is 4.84. The largest absolute Gasteiger partial charge is 0.375 e. The normalized spacial score (nSPS) is 26.0. The summed E-state index contributed by atoms with van der Waals surface area (Å²) in [6.07, 6.45) is 5.36. The van der Waals surface area contributed by atoms with Crippen molar-refractivity contribution in [2.24, 2.45) is 5.92 Å². The third-order valence-corrected chi connectivity index (χ3v) is 4.84. The first-order chi connectivity index (χ1) is 10.2. The topological polar surface area (TPSA) is 30.5 Å². The first kappa shape index (κ1) is 17.1. The van der Waals surface area contributed by atoms with Gasteiger partial charge in [-0.2, -0.15) is 0 Å². The summed E-state index contributed by atoms with van der Waals surface area (Å²) in [4.78, 5) is 0. The molecular formula is C16H29F2NO2. The van der Waals surface area contributed by atoms with Crippen LogP contribution in [0.3, 0.4) is 0 Å². The van der Waals surface area contributed by atoms with Crippen LogP contribution in [-0.2, 0) is 9.47 Å². The van der Waals surface area contributed by atoms with Gasteiger partial charge >= 0.3 is 0 Å². The number of nitrogens with one attached hydrogen (secondary N) is 1. The van der Waals surface area contributed by atoms with Crippen LogP contribution in [0.2, 0.25) is 0 Å². The lowest BCUT2D eigenvalue weighted by Gasteiger charge is -2.49. The van der Waals surface area contributed by atoms with Crippen molar-refractivity contribution >= 4 is 0 Å². The summed E-state index contributed by atoms with van der Waals surface area (Å²) >= 11 is 0. The second-order valence-electron chi connectivity index (χ2n) is 6.45. The Morgan fingerprint density at radius 2 is 2.19 bits per heavy atom. The van der Waals surface area contributed by atoms with E-state index in [2.05, 4.69) is 12.2 Å². The molecule has 0 aromatic heterocycles. The predicted octanol–water partition coefficient (Wildman–Crippen LogP) is 3.38. The van der Waals surface area contributed by atoms with E-state index in [0.717, 1.165) is 38.8 Å². The fourth-order valence-electron chi connectivity index (χ4n) is 3.55. The highest BCUT2D eigenvalue weighted by Crippen LogP contribution is 2.45. The highest BCUT2D eigenvalue weighted by molar-refractivity contribution is 4.96. The van der Waals surface area contributed by atoms with Crippen molar-refractivity contribution < 1.29 is 18.3 Å². The van der Waals surface area contributed by atoms with Gasteiger partial charge in [0.15, 0.2) is 0 Å². The maximum atomic E-state index is 12.1. The number of halogens is 2. The second kappa shape index (κ2) is 8.39. The van der Waals surface area contributed by atoms with E-state index in [4.69, 9.17) is 9.47 Å². The molecule has 1 spiro atoms. The van der Waals surface area contributed by atoms with Gasteiger partial charge < -0.3 is 14.8 Å². The van der Waals surface area contributed by atoms with E-state index in [-0.39, 0.29) is 5.60 Å². The molecule has 2 fully saturated rings. The highest BCUT2D eigenvalue weighted by atomic mass is 19.3. The zero-order valence-electron chi connectivity index (χ0n) is 13.1.